The summed E-state index contributed by atoms with van der Waals surface area (Å²) >= 11 is 0. The Morgan fingerprint density at radius 3 is 2.81 bits per heavy atom. The van der Waals surface area contributed by atoms with Crippen molar-refractivity contribution in [1.29, 1.82) is 0 Å². The van der Waals surface area contributed by atoms with Gasteiger partial charge in [-0.3, -0.25) is 4.79 Å². The molecule has 4 rings (SSSR count). The Morgan fingerprint density at radius 2 is 2.12 bits per heavy atom. The minimum atomic E-state index is -0.203. The van der Waals surface area contributed by atoms with E-state index in [0.29, 0.717) is 17.1 Å². The van der Waals surface area contributed by atoms with E-state index in [0.717, 1.165) is 42.9 Å². The second-order valence-corrected chi connectivity index (χ2v) is 6.68. The number of fused-ring (bicyclic) bond motifs is 1. The van der Waals surface area contributed by atoms with E-state index in [1.165, 1.54) is 0 Å². The molecular formula is C18H20N6O2. The zero-order chi connectivity index (χ0) is 18.1. The molecule has 1 saturated carbocycles. The van der Waals surface area contributed by atoms with Crippen LogP contribution in [0.15, 0.2) is 30.5 Å². The number of rotatable bonds is 5. The first-order valence-corrected chi connectivity index (χ1v) is 8.65. The molecular weight excluding hydrogens is 332 g/mol. The van der Waals surface area contributed by atoms with Crippen molar-refractivity contribution < 1.29 is 9.53 Å². The lowest BCUT2D eigenvalue weighted by Gasteiger charge is -2.09. The topological polar surface area (TPSA) is 109 Å². The van der Waals surface area contributed by atoms with Crippen LogP contribution in [0.5, 0.6) is 5.75 Å². The predicted molar refractivity (Wildman–Crippen MR) is 94.7 cm³/mol. The Morgan fingerprint density at radius 1 is 1.31 bits per heavy atom. The first-order valence-electron chi connectivity index (χ1n) is 8.65. The van der Waals surface area contributed by atoms with Crippen molar-refractivity contribution in [2.75, 3.05) is 7.11 Å². The van der Waals surface area contributed by atoms with Crippen LogP contribution in [0.2, 0.25) is 0 Å². The van der Waals surface area contributed by atoms with Gasteiger partial charge in [-0.05, 0) is 49.4 Å². The molecule has 0 unspecified atom stereocenters. The monoisotopic (exact) mass is 352 g/mol. The summed E-state index contributed by atoms with van der Waals surface area (Å²) in [4.78, 5) is 20.4. The predicted octanol–water partition coefficient (Wildman–Crippen LogP) is 1.66. The van der Waals surface area contributed by atoms with Gasteiger partial charge in [-0.25, -0.2) is 9.97 Å². The number of amides is 1. The molecule has 8 nitrogen and oxygen atoms in total. The summed E-state index contributed by atoms with van der Waals surface area (Å²) in [5.74, 6) is 1.68. The van der Waals surface area contributed by atoms with Crippen LogP contribution in [0, 0.1) is 11.8 Å². The molecule has 134 valence electrons. The second kappa shape index (κ2) is 6.70. The maximum absolute atomic E-state index is 11.3. The molecule has 1 aliphatic rings. The number of aromatic nitrogens is 5. The third kappa shape index (κ3) is 3.10. The first kappa shape index (κ1) is 16.4. The average Bonchev–Trinajstić information content (AvgIpc) is 3.29. The third-order valence-electron chi connectivity index (χ3n) is 4.97. The molecule has 1 aliphatic carbocycles. The fourth-order valence-electron chi connectivity index (χ4n) is 3.54. The van der Waals surface area contributed by atoms with E-state index in [-0.39, 0.29) is 11.8 Å². The standard InChI is InChI=1S/C18H20N6O2/c1-26-14-6-4-13(5-7-14)24-18-15(22-23-24)10-20-16(21-18)9-11-2-3-12(8-11)17(19)25/h4-7,10-12H,2-3,8-9H2,1H3,(H2,19,25)/t11-,12-/m1/s1. The number of carbonyl (C=O) groups is 1. The van der Waals surface area contributed by atoms with Gasteiger partial charge in [-0.1, -0.05) is 5.21 Å². The van der Waals surface area contributed by atoms with Gasteiger partial charge < -0.3 is 10.5 Å². The Bertz CT molecular complexity index is 937. The van der Waals surface area contributed by atoms with Crippen LogP contribution in [-0.2, 0) is 11.2 Å². The van der Waals surface area contributed by atoms with Crippen molar-refractivity contribution in [2.24, 2.45) is 17.6 Å². The molecule has 0 radical (unpaired) electrons. The molecule has 0 saturated heterocycles. The van der Waals surface area contributed by atoms with Crippen molar-refractivity contribution in [3.8, 4) is 11.4 Å². The molecule has 2 aromatic heterocycles. The van der Waals surface area contributed by atoms with Gasteiger partial charge in [0.15, 0.2) is 11.2 Å². The lowest BCUT2D eigenvalue weighted by Crippen LogP contribution is -2.21. The van der Waals surface area contributed by atoms with Gasteiger partial charge in [-0.15, -0.1) is 5.10 Å². The lowest BCUT2D eigenvalue weighted by molar-refractivity contribution is -0.121. The van der Waals surface area contributed by atoms with Gasteiger partial charge in [0, 0.05) is 12.3 Å². The normalized spacial score (nSPS) is 19.7. The number of nitrogens with zero attached hydrogens (tertiary/aromatic N) is 5. The Kier molecular flexibility index (Phi) is 4.24. The Balaban J connectivity index is 1.59. The largest absolute Gasteiger partial charge is 0.497 e. The molecule has 2 heterocycles. The highest BCUT2D eigenvalue weighted by Crippen LogP contribution is 2.32. The van der Waals surface area contributed by atoms with E-state index in [4.69, 9.17) is 10.5 Å². The highest BCUT2D eigenvalue weighted by Gasteiger charge is 2.29. The average molecular weight is 352 g/mol. The van der Waals surface area contributed by atoms with Crippen LogP contribution in [0.3, 0.4) is 0 Å². The molecule has 2 atom stereocenters. The zero-order valence-electron chi connectivity index (χ0n) is 14.5. The smallest absolute Gasteiger partial charge is 0.220 e. The summed E-state index contributed by atoms with van der Waals surface area (Å²) in [6.07, 6.45) is 5.07. The quantitative estimate of drug-likeness (QED) is 0.748. The molecule has 1 fully saturated rings. The fraction of sp³-hybridized carbons (Fsp3) is 0.389. The van der Waals surface area contributed by atoms with E-state index >= 15 is 0 Å². The van der Waals surface area contributed by atoms with Crippen molar-refractivity contribution in [2.45, 2.75) is 25.7 Å². The van der Waals surface area contributed by atoms with Gasteiger partial charge in [-0.2, -0.15) is 4.68 Å². The third-order valence-corrected chi connectivity index (χ3v) is 4.97. The summed E-state index contributed by atoms with van der Waals surface area (Å²) in [5.41, 5.74) is 7.59. The SMILES string of the molecule is COc1ccc(-n2nnc3cnc(C[C@@H]4CC[C@@H](C(N)=O)C4)nc32)cc1. The summed E-state index contributed by atoms with van der Waals surface area (Å²) < 4.78 is 6.88. The van der Waals surface area contributed by atoms with Crippen LogP contribution in [0.25, 0.3) is 16.9 Å². The van der Waals surface area contributed by atoms with Crippen LogP contribution < -0.4 is 10.5 Å². The number of nitrogens with two attached hydrogens (primary N) is 1. The molecule has 2 N–H and O–H groups in total. The molecule has 3 aromatic rings. The van der Waals surface area contributed by atoms with Gasteiger partial charge in [0.05, 0.1) is 19.0 Å². The molecule has 1 amide bonds. The number of carbonyl (C=O) groups excluding carboxylic acids is 1. The lowest BCUT2D eigenvalue weighted by atomic mass is 10.0. The van der Waals surface area contributed by atoms with Gasteiger partial charge in [0.2, 0.25) is 5.91 Å². The Labute approximate surface area is 150 Å². The second-order valence-electron chi connectivity index (χ2n) is 6.68. The molecule has 26 heavy (non-hydrogen) atoms. The fourth-order valence-corrected chi connectivity index (χ4v) is 3.54. The number of hydrogen-bond donors (Lipinski definition) is 1. The molecule has 1 aromatic carbocycles. The number of ether oxygens (including phenoxy) is 1. The van der Waals surface area contributed by atoms with E-state index in [2.05, 4.69) is 20.3 Å². The maximum Gasteiger partial charge on any atom is 0.220 e. The number of benzene rings is 1. The van der Waals surface area contributed by atoms with Crippen LogP contribution in [-0.4, -0.2) is 38.0 Å². The van der Waals surface area contributed by atoms with E-state index < -0.39 is 0 Å². The summed E-state index contributed by atoms with van der Waals surface area (Å²) in [5, 5.41) is 8.33. The number of methoxy groups -OCH3 is 1. The Hall–Kier alpha value is -3.03. The summed E-state index contributed by atoms with van der Waals surface area (Å²) in [6.45, 7) is 0. The summed E-state index contributed by atoms with van der Waals surface area (Å²) in [7, 11) is 1.63. The van der Waals surface area contributed by atoms with Crippen LogP contribution in [0.4, 0.5) is 0 Å². The van der Waals surface area contributed by atoms with E-state index in [1.807, 2.05) is 24.3 Å². The minimum Gasteiger partial charge on any atom is -0.497 e. The van der Waals surface area contributed by atoms with Gasteiger partial charge in [0.1, 0.15) is 11.6 Å². The molecule has 0 bridgehead atoms. The molecule has 0 aliphatic heterocycles. The summed E-state index contributed by atoms with van der Waals surface area (Å²) in [6, 6.07) is 7.55. The van der Waals surface area contributed by atoms with Gasteiger partial charge >= 0.3 is 0 Å². The van der Waals surface area contributed by atoms with E-state index in [1.54, 1.807) is 18.0 Å². The van der Waals surface area contributed by atoms with Crippen molar-refractivity contribution in [3.63, 3.8) is 0 Å². The number of primary amides is 1. The highest BCUT2D eigenvalue weighted by molar-refractivity contribution is 5.76. The maximum atomic E-state index is 11.3. The van der Waals surface area contributed by atoms with Crippen LogP contribution in [0.1, 0.15) is 25.1 Å². The minimum absolute atomic E-state index is 0.0183. The van der Waals surface area contributed by atoms with Crippen molar-refractivity contribution in [3.05, 3.63) is 36.3 Å². The molecule has 8 heteroatoms. The first-order chi connectivity index (χ1) is 12.6. The van der Waals surface area contributed by atoms with Crippen molar-refractivity contribution >= 4 is 17.1 Å². The van der Waals surface area contributed by atoms with E-state index in [9.17, 15) is 4.79 Å². The van der Waals surface area contributed by atoms with Gasteiger partial charge in [0.25, 0.3) is 0 Å². The zero-order valence-corrected chi connectivity index (χ0v) is 14.5. The highest BCUT2D eigenvalue weighted by atomic mass is 16.5. The molecule has 0 spiro atoms. The van der Waals surface area contributed by atoms with Crippen LogP contribution >= 0.6 is 0 Å². The van der Waals surface area contributed by atoms with Crippen molar-refractivity contribution in [1.82, 2.24) is 25.0 Å². The number of hydrogen-bond acceptors (Lipinski definition) is 6.